The molecule has 0 radical (unpaired) electrons. The molecule has 3 heterocycles. The van der Waals surface area contributed by atoms with Crippen LogP contribution in [0.25, 0.3) is 0 Å². The average molecular weight is 453 g/mol. The number of aryl methyl sites for hydroxylation is 1. The van der Waals surface area contributed by atoms with Crippen LogP contribution in [0.4, 0.5) is 5.95 Å². The number of hydrogen-bond donors (Lipinski definition) is 3. The molecular weight excluding hydrogens is 416 g/mol. The number of nitrogens with one attached hydrogen (secondary N) is 1. The first kappa shape index (κ1) is 26.0. The third-order valence-corrected chi connectivity index (χ3v) is 6.12. The molecule has 2 aliphatic heterocycles. The highest BCUT2D eigenvalue weighted by Crippen LogP contribution is 2.40. The minimum atomic E-state index is -0.730. The van der Waals surface area contributed by atoms with Gasteiger partial charge in [0.2, 0.25) is 11.9 Å². The van der Waals surface area contributed by atoms with Crippen LogP contribution < -0.4 is 10.2 Å². The van der Waals surface area contributed by atoms with E-state index in [4.69, 9.17) is 19.4 Å². The fourth-order valence-corrected chi connectivity index (χ4v) is 4.35. The van der Waals surface area contributed by atoms with Gasteiger partial charge in [0.25, 0.3) is 6.47 Å². The number of aliphatic hydroxyl groups excluding tert-OH is 1. The van der Waals surface area contributed by atoms with E-state index in [-0.39, 0.29) is 31.0 Å². The predicted octanol–water partition coefficient (Wildman–Crippen LogP) is 1.16. The Kier molecular flexibility index (Phi) is 9.80. The van der Waals surface area contributed by atoms with Gasteiger partial charge in [0.15, 0.2) is 0 Å². The van der Waals surface area contributed by atoms with E-state index in [0.29, 0.717) is 13.0 Å². The van der Waals surface area contributed by atoms with Crippen LogP contribution in [-0.2, 0) is 25.5 Å². The van der Waals surface area contributed by atoms with Crippen LogP contribution in [0, 0.1) is 0 Å². The van der Waals surface area contributed by atoms with Crippen molar-refractivity contribution in [3.63, 3.8) is 0 Å². The van der Waals surface area contributed by atoms with Gasteiger partial charge in [-0.25, -0.2) is 9.97 Å². The molecule has 180 valence electrons. The lowest BCUT2D eigenvalue weighted by molar-refractivity contribution is -0.172. The molecule has 1 amide bonds. The standard InChI is InChI=1S/C21H34N4O4.CH2O2/c1-4-5-16-12-22-19(23-13-16)25-9-7-21(8-10-25)15-20(2,17(26)14-29-21)24-18(27)6-11-28-3;2-1-3/h12-13,17,26H,4-11,14-15H2,1-3H3,(H,24,27);1H,(H,2,3)/t17-,20-;/m1./s1. The number of piperidine rings is 1. The number of methoxy groups -OCH3 is 1. The van der Waals surface area contributed by atoms with E-state index >= 15 is 0 Å². The summed E-state index contributed by atoms with van der Waals surface area (Å²) in [5.41, 5.74) is 0.111. The van der Waals surface area contributed by atoms with Gasteiger partial charge >= 0.3 is 0 Å². The van der Waals surface area contributed by atoms with Gasteiger partial charge in [0, 0.05) is 45.4 Å². The van der Waals surface area contributed by atoms with E-state index in [2.05, 4.69) is 27.1 Å². The molecule has 3 rings (SSSR count). The van der Waals surface area contributed by atoms with Crippen LogP contribution in [0.5, 0.6) is 0 Å². The third kappa shape index (κ3) is 6.85. The van der Waals surface area contributed by atoms with Crippen molar-refractivity contribution in [1.82, 2.24) is 15.3 Å². The summed E-state index contributed by atoms with van der Waals surface area (Å²) in [4.78, 5) is 31.8. The number of amides is 1. The highest BCUT2D eigenvalue weighted by atomic mass is 16.5. The van der Waals surface area contributed by atoms with Gasteiger partial charge in [-0.15, -0.1) is 0 Å². The van der Waals surface area contributed by atoms with Crippen molar-refractivity contribution in [2.24, 2.45) is 0 Å². The summed E-state index contributed by atoms with van der Waals surface area (Å²) in [5, 5.41) is 20.4. The number of rotatable bonds is 7. The fourth-order valence-electron chi connectivity index (χ4n) is 4.35. The van der Waals surface area contributed by atoms with Crippen molar-refractivity contribution in [3.8, 4) is 0 Å². The first-order valence-electron chi connectivity index (χ1n) is 11.1. The summed E-state index contributed by atoms with van der Waals surface area (Å²) in [7, 11) is 1.57. The molecular formula is C22H36N4O6. The molecule has 0 saturated carbocycles. The summed E-state index contributed by atoms with van der Waals surface area (Å²) in [5.74, 6) is 0.648. The topological polar surface area (TPSA) is 134 Å². The molecule has 10 heteroatoms. The summed E-state index contributed by atoms with van der Waals surface area (Å²) >= 11 is 0. The first-order valence-corrected chi connectivity index (χ1v) is 11.1. The monoisotopic (exact) mass is 452 g/mol. The van der Waals surface area contributed by atoms with Crippen LogP contribution >= 0.6 is 0 Å². The van der Waals surface area contributed by atoms with E-state index in [1.807, 2.05) is 19.3 Å². The number of carbonyl (C=O) groups is 2. The lowest BCUT2D eigenvalue weighted by atomic mass is 9.74. The van der Waals surface area contributed by atoms with Crippen molar-refractivity contribution in [2.45, 2.75) is 69.6 Å². The number of ether oxygens (including phenoxy) is 2. The van der Waals surface area contributed by atoms with E-state index in [1.54, 1.807) is 7.11 Å². The van der Waals surface area contributed by atoms with E-state index in [9.17, 15) is 9.90 Å². The summed E-state index contributed by atoms with van der Waals surface area (Å²) in [6.07, 6.45) is 7.66. The molecule has 0 bridgehead atoms. The summed E-state index contributed by atoms with van der Waals surface area (Å²) in [6.45, 7) is 5.98. The number of carboxylic acid groups (broad SMARTS) is 1. The van der Waals surface area contributed by atoms with Crippen molar-refractivity contribution in [3.05, 3.63) is 18.0 Å². The number of hydrogen-bond acceptors (Lipinski definition) is 8. The van der Waals surface area contributed by atoms with Crippen molar-refractivity contribution >= 4 is 18.3 Å². The highest BCUT2D eigenvalue weighted by Gasteiger charge is 2.50. The highest BCUT2D eigenvalue weighted by molar-refractivity contribution is 5.77. The lowest BCUT2D eigenvalue weighted by Gasteiger charge is -2.52. The van der Waals surface area contributed by atoms with Crippen LogP contribution in [0.2, 0.25) is 0 Å². The molecule has 2 atom stereocenters. The maximum Gasteiger partial charge on any atom is 0.290 e. The fraction of sp³-hybridized carbons (Fsp3) is 0.727. The third-order valence-electron chi connectivity index (χ3n) is 6.12. The van der Waals surface area contributed by atoms with E-state index in [1.165, 1.54) is 0 Å². The zero-order valence-corrected chi connectivity index (χ0v) is 19.2. The van der Waals surface area contributed by atoms with Crippen molar-refractivity contribution in [2.75, 3.05) is 38.3 Å². The molecule has 10 nitrogen and oxygen atoms in total. The second-order valence-corrected chi connectivity index (χ2v) is 8.63. The van der Waals surface area contributed by atoms with Crippen LogP contribution in [0.3, 0.4) is 0 Å². The lowest BCUT2D eigenvalue weighted by Crippen LogP contribution is -2.65. The number of aromatic nitrogens is 2. The number of aliphatic hydroxyl groups is 1. The van der Waals surface area contributed by atoms with Gasteiger partial charge in [-0.1, -0.05) is 13.3 Å². The van der Waals surface area contributed by atoms with Crippen LogP contribution in [0.1, 0.15) is 51.5 Å². The van der Waals surface area contributed by atoms with Gasteiger partial charge < -0.3 is 29.9 Å². The van der Waals surface area contributed by atoms with Gasteiger partial charge in [-0.05, 0) is 31.7 Å². The Hall–Kier alpha value is -2.30. The minimum Gasteiger partial charge on any atom is -0.483 e. The Morgan fingerprint density at radius 1 is 1.38 bits per heavy atom. The molecule has 0 aliphatic carbocycles. The normalized spacial score (nSPS) is 24.4. The second-order valence-electron chi connectivity index (χ2n) is 8.63. The largest absolute Gasteiger partial charge is 0.483 e. The van der Waals surface area contributed by atoms with Gasteiger partial charge in [-0.2, -0.15) is 0 Å². The summed E-state index contributed by atoms with van der Waals surface area (Å²) in [6, 6.07) is 0. The molecule has 1 aromatic rings. The van der Waals surface area contributed by atoms with E-state index < -0.39 is 11.6 Å². The van der Waals surface area contributed by atoms with Crippen molar-refractivity contribution < 1.29 is 29.3 Å². The van der Waals surface area contributed by atoms with Crippen molar-refractivity contribution in [1.29, 1.82) is 0 Å². The molecule has 32 heavy (non-hydrogen) atoms. The molecule has 1 spiro atoms. The predicted molar refractivity (Wildman–Crippen MR) is 119 cm³/mol. The Morgan fingerprint density at radius 2 is 2.00 bits per heavy atom. The Balaban J connectivity index is 0.00000114. The number of nitrogens with zero attached hydrogens (tertiary/aromatic N) is 3. The smallest absolute Gasteiger partial charge is 0.290 e. The number of anilines is 1. The molecule has 3 N–H and O–H groups in total. The SMILES string of the molecule is CCCc1cnc(N2CCC3(CC2)C[C@@](C)(NC(=O)CCOC)[C@H](O)CO3)nc1.O=CO. The van der Waals surface area contributed by atoms with Gasteiger partial charge in [-0.3, -0.25) is 9.59 Å². The molecule has 1 aromatic heterocycles. The molecule has 2 fully saturated rings. The zero-order chi connectivity index (χ0) is 23.6. The molecule has 2 saturated heterocycles. The maximum absolute atomic E-state index is 12.2. The Morgan fingerprint density at radius 3 is 2.56 bits per heavy atom. The zero-order valence-electron chi connectivity index (χ0n) is 19.2. The maximum atomic E-state index is 12.2. The molecule has 0 aromatic carbocycles. The quantitative estimate of drug-likeness (QED) is 0.521. The molecule has 2 aliphatic rings. The van der Waals surface area contributed by atoms with Crippen LogP contribution in [0.15, 0.2) is 12.4 Å². The van der Waals surface area contributed by atoms with Gasteiger partial charge in [0.1, 0.15) is 6.10 Å². The van der Waals surface area contributed by atoms with Crippen LogP contribution in [-0.4, -0.2) is 83.2 Å². The van der Waals surface area contributed by atoms with Gasteiger partial charge in [0.05, 0.1) is 24.4 Å². The summed E-state index contributed by atoms with van der Waals surface area (Å²) < 4.78 is 11.1. The Labute approximate surface area is 189 Å². The number of carbonyl (C=O) groups excluding carboxylic acids is 1. The average Bonchev–Trinajstić information content (AvgIpc) is 2.77. The Bertz CT molecular complexity index is 724. The minimum absolute atomic E-state index is 0.108. The molecule has 0 unspecified atom stereocenters. The first-order chi connectivity index (χ1) is 15.3. The van der Waals surface area contributed by atoms with E-state index in [0.717, 1.165) is 50.3 Å². The second kappa shape index (κ2) is 12.1.